The van der Waals surface area contributed by atoms with Crippen LogP contribution in [0.5, 0.6) is 0 Å². The van der Waals surface area contributed by atoms with Crippen molar-refractivity contribution in [3.8, 4) is 0 Å². The van der Waals surface area contributed by atoms with Gasteiger partial charge < -0.3 is 4.74 Å². The maximum Gasteiger partial charge on any atom is 0.230 e. The van der Waals surface area contributed by atoms with Crippen LogP contribution >= 0.6 is 22.6 Å². The standard InChI is InChI=1S/C14H20FIN2O3SSi/c1-22(19,20)14-17-12-8-11(16)10(15)7-13(12)18(14)9-21-5-6-23(2,3)4/h7-8H,5-6,9H2,1-4H3. The molecule has 0 aliphatic carbocycles. The molecule has 1 heterocycles. The molecule has 0 amide bonds. The fourth-order valence-corrected chi connectivity index (χ4v) is 4.06. The van der Waals surface area contributed by atoms with Crippen LogP contribution in [0.25, 0.3) is 11.0 Å². The van der Waals surface area contributed by atoms with Gasteiger partial charge in [-0.05, 0) is 34.7 Å². The summed E-state index contributed by atoms with van der Waals surface area (Å²) in [6, 6.07) is 3.82. The highest BCUT2D eigenvalue weighted by molar-refractivity contribution is 14.1. The van der Waals surface area contributed by atoms with E-state index in [0.29, 0.717) is 21.2 Å². The van der Waals surface area contributed by atoms with Gasteiger partial charge in [0.2, 0.25) is 15.0 Å². The maximum absolute atomic E-state index is 13.8. The molecule has 0 bridgehead atoms. The summed E-state index contributed by atoms with van der Waals surface area (Å²) in [5.74, 6) is -0.401. The largest absolute Gasteiger partial charge is 0.361 e. The van der Waals surface area contributed by atoms with Crippen molar-refractivity contribution in [3.05, 3.63) is 21.5 Å². The SMILES string of the molecule is C[Si](C)(C)CCOCn1c(S(C)(=O)=O)nc2cc(I)c(F)cc21. The molecule has 0 unspecified atom stereocenters. The van der Waals surface area contributed by atoms with Gasteiger partial charge in [-0.15, -0.1) is 0 Å². The summed E-state index contributed by atoms with van der Waals surface area (Å²) in [6.45, 7) is 7.31. The van der Waals surface area contributed by atoms with Crippen molar-refractivity contribution in [2.45, 2.75) is 37.6 Å². The summed E-state index contributed by atoms with van der Waals surface area (Å²) in [7, 11) is -4.76. The average molecular weight is 470 g/mol. The van der Waals surface area contributed by atoms with E-state index in [0.717, 1.165) is 12.3 Å². The van der Waals surface area contributed by atoms with E-state index >= 15 is 0 Å². The van der Waals surface area contributed by atoms with Crippen LogP contribution in [-0.4, -0.2) is 38.9 Å². The molecule has 1 aromatic heterocycles. The molecule has 23 heavy (non-hydrogen) atoms. The van der Waals surface area contributed by atoms with Crippen LogP contribution in [0.3, 0.4) is 0 Å². The molecule has 0 fully saturated rings. The quantitative estimate of drug-likeness (QED) is 0.369. The third-order valence-corrected chi connectivity index (χ3v) is 6.81. The van der Waals surface area contributed by atoms with E-state index in [2.05, 4.69) is 24.6 Å². The van der Waals surface area contributed by atoms with E-state index < -0.39 is 23.7 Å². The van der Waals surface area contributed by atoms with Gasteiger partial charge in [0.1, 0.15) is 12.5 Å². The van der Waals surface area contributed by atoms with Gasteiger partial charge in [0.05, 0.1) is 14.6 Å². The van der Waals surface area contributed by atoms with Crippen molar-refractivity contribution in [1.82, 2.24) is 9.55 Å². The number of nitrogens with zero attached hydrogens (tertiary/aromatic N) is 2. The van der Waals surface area contributed by atoms with Crippen molar-refractivity contribution in [1.29, 1.82) is 0 Å². The van der Waals surface area contributed by atoms with Crippen LogP contribution in [0, 0.1) is 9.39 Å². The monoisotopic (exact) mass is 470 g/mol. The number of fused-ring (bicyclic) bond motifs is 1. The lowest BCUT2D eigenvalue weighted by atomic mass is 10.3. The summed E-state index contributed by atoms with van der Waals surface area (Å²) in [5.41, 5.74) is 0.876. The van der Waals surface area contributed by atoms with Crippen LogP contribution in [0.15, 0.2) is 17.3 Å². The maximum atomic E-state index is 13.8. The highest BCUT2D eigenvalue weighted by Crippen LogP contribution is 2.24. The third-order valence-electron chi connectivity index (χ3n) is 3.30. The Hall–Kier alpha value is -0.523. The summed E-state index contributed by atoms with van der Waals surface area (Å²) in [4.78, 5) is 4.15. The minimum Gasteiger partial charge on any atom is -0.361 e. The minimum absolute atomic E-state index is 0.0451. The van der Waals surface area contributed by atoms with Crippen molar-refractivity contribution < 1.29 is 17.5 Å². The van der Waals surface area contributed by atoms with Crippen molar-refractivity contribution in [2.75, 3.05) is 12.9 Å². The average Bonchev–Trinajstić information content (AvgIpc) is 2.72. The summed E-state index contributed by atoms with van der Waals surface area (Å²) < 4.78 is 45.2. The Morgan fingerprint density at radius 2 is 2.00 bits per heavy atom. The highest BCUT2D eigenvalue weighted by atomic mass is 127. The summed E-state index contributed by atoms with van der Waals surface area (Å²) in [5, 5.41) is -0.0955. The Kier molecular flexibility index (Phi) is 5.54. The third kappa shape index (κ3) is 4.74. The molecule has 0 saturated carbocycles. The number of sulfone groups is 1. The predicted molar refractivity (Wildman–Crippen MR) is 99.6 cm³/mol. The van der Waals surface area contributed by atoms with Gasteiger partial charge in [-0.25, -0.2) is 17.8 Å². The van der Waals surface area contributed by atoms with Gasteiger partial charge in [-0.1, -0.05) is 19.6 Å². The minimum atomic E-state index is -3.53. The lowest BCUT2D eigenvalue weighted by Crippen LogP contribution is -2.22. The van der Waals surface area contributed by atoms with Crippen LogP contribution in [0.4, 0.5) is 4.39 Å². The van der Waals surface area contributed by atoms with Gasteiger partial charge >= 0.3 is 0 Å². The molecular formula is C14H20FIN2O3SSi. The smallest absolute Gasteiger partial charge is 0.230 e. The van der Waals surface area contributed by atoms with E-state index in [-0.39, 0.29) is 11.9 Å². The molecule has 128 valence electrons. The molecule has 0 N–H and O–H groups in total. The Balaban J connectivity index is 2.37. The first-order valence-electron chi connectivity index (χ1n) is 7.12. The molecular weight excluding hydrogens is 450 g/mol. The molecule has 1 aromatic carbocycles. The van der Waals surface area contributed by atoms with E-state index in [9.17, 15) is 12.8 Å². The molecule has 0 aliphatic heterocycles. The molecule has 9 heteroatoms. The first kappa shape index (κ1) is 18.8. The molecule has 0 spiro atoms. The number of benzene rings is 1. The van der Waals surface area contributed by atoms with Gasteiger partial charge in [0.25, 0.3) is 0 Å². The fraction of sp³-hybridized carbons (Fsp3) is 0.500. The lowest BCUT2D eigenvalue weighted by Gasteiger charge is -2.16. The molecule has 0 atom stereocenters. The second kappa shape index (κ2) is 6.77. The molecule has 5 nitrogen and oxygen atoms in total. The zero-order valence-electron chi connectivity index (χ0n) is 13.6. The van der Waals surface area contributed by atoms with Crippen LogP contribution in [0.2, 0.25) is 25.7 Å². The van der Waals surface area contributed by atoms with E-state index in [4.69, 9.17) is 4.74 Å². The van der Waals surface area contributed by atoms with Crippen LogP contribution < -0.4 is 0 Å². The molecule has 2 aromatic rings. The van der Waals surface area contributed by atoms with Crippen molar-refractivity contribution >= 4 is 51.5 Å². The Labute approximate surface area is 150 Å². The van der Waals surface area contributed by atoms with Gasteiger partial charge in [-0.2, -0.15) is 0 Å². The number of halogens is 2. The van der Waals surface area contributed by atoms with Gasteiger partial charge in [-0.3, -0.25) is 4.57 Å². The first-order valence-corrected chi connectivity index (χ1v) is 13.8. The Morgan fingerprint density at radius 1 is 1.35 bits per heavy atom. The van der Waals surface area contributed by atoms with E-state index in [1.807, 2.05) is 22.6 Å². The van der Waals surface area contributed by atoms with Gasteiger partial charge in [0, 0.05) is 27.0 Å². The number of rotatable bonds is 6. The second-order valence-electron chi connectivity index (χ2n) is 6.70. The Morgan fingerprint density at radius 3 is 2.57 bits per heavy atom. The Bertz CT molecular complexity index is 831. The molecule has 0 aliphatic rings. The molecule has 2 rings (SSSR count). The zero-order chi connectivity index (χ0) is 17.4. The normalized spacial score (nSPS) is 13.0. The van der Waals surface area contributed by atoms with Crippen LogP contribution in [0.1, 0.15) is 0 Å². The first-order chi connectivity index (χ1) is 10.5. The number of aromatic nitrogens is 2. The number of ether oxygens (including phenoxy) is 1. The summed E-state index contributed by atoms with van der Waals surface area (Å²) >= 11 is 1.86. The fourth-order valence-electron chi connectivity index (χ4n) is 2.04. The number of hydrogen-bond acceptors (Lipinski definition) is 4. The topological polar surface area (TPSA) is 61.2 Å². The highest BCUT2D eigenvalue weighted by Gasteiger charge is 2.21. The number of imidazole rings is 1. The predicted octanol–water partition coefficient (Wildman–Crippen LogP) is 3.50. The molecule has 0 saturated heterocycles. The van der Waals surface area contributed by atoms with Crippen molar-refractivity contribution in [2.24, 2.45) is 0 Å². The summed E-state index contributed by atoms with van der Waals surface area (Å²) in [6.07, 6.45) is 1.09. The van der Waals surface area contributed by atoms with E-state index in [1.165, 1.54) is 10.6 Å². The number of hydrogen-bond donors (Lipinski definition) is 0. The second-order valence-corrected chi connectivity index (χ2v) is 15.4. The molecule has 0 radical (unpaired) electrons. The lowest BCUT2D eigenvalue weighted by molar-refractivity contribution is 0.0838. The van der Waals surface area contributed by atoms with Gasteiger partial charge in [0.15, 0.2) is 0 Å². The van der Waals surface area contributed by atoms with Crippen LogP contribution in [-0.2, 0) is 21.3 Å². The van der Waals surface area contributed by atoms with E-state index in [1.54, 1.807) is 6.07 Å². The zero-order valence-corrected chi connectivity index (χ0v) is 17.5. The van der Waals surface area contributed by atoms with Crippen molar-refractivity contribution in [3.63, 3.8) is 0 Å².